The minimum absolute atomic E-state index is 0.133. The van der Waals surface area contributed by atoms with Gasteiger partial charge in [-0.1, -0.05) is 12.1 Å². The van der Waals surface area contributed by atoms with Gasteiger partial charge in [-0.25, -0.2) is 9.97 Å². The number of hydrogen-bond acceptors (Lipinski definition) is 5. The molecule has 0 aliphatic carbocycles. The van der Waals surface area contributed by atoms with Crippen LogP contribution in [0, 0.1) is 13.8 Å². The average molecular weight is 375 g/mol. The van der Waals surface area contributed by atoms with Gasteiger partial charge in [-0.3, -0.25) is 9.59 Å². The summed E-state index contributed by atoms with van der Waals surface area (Å²) in [6, 6.07) is 14.5. The van der Waals surface area contributed by atoms with Crippen molar-refractivity contribution in [1.29, 1.82) is 0 Å². The van der Waals surface area contributed by atoms with Gasteiger partial charge >= 0.3 is 0 Å². The van der Waals surface area contributed by atoms with E-state index in [0.29, 0.717) is 11.6 Å². The van der Waals surface area contributed by atoms with Gasteiger partial charge in [0, 0.05) is 30.2 Å². The maximum absolute atomic E-state index is 12.6. The van der Waals surface area contributed by atoms with Crippen molar-refractivity contribution in [3.63, 3.8) is 0 Å². The lowest BCUT2D eigenvalue weighted by Gasteiger charge is -2.10. The van der Waals surface area contributed by atoms with Gasteiger partial charge in [0.2, 0.25) is 11.9 Å². The van der Waals surface area contributed by atoms with E-state index in [9.17, 15) is 9.59 Å². The summed E-state index contributed by atoms with van der Waals surface area (Å²) in [5.74, 6) is -0.132. The number of nitrogens with one attached hydrogen (secondary N) is 3. The van der Waals surface area contributed by atoms with Gasteiger partial charge in [0.1, 0.15) is 5.69 Å². The molecule has 0 saturated heterocycles. The van der Waals surface area contributed by atoms with Crippen molar-refractivity contribution in [3.8, 4) is 0 Å². The Morgan fingerprint density at radius 3 is 2.32 bits per heavy atom. The number of rotatable bonds is 5. The molecule has 3 aromatic rings. The van der Waals surface area contributed by atoms with E-state index in [2.05, 4.69) is 25.9 Å². The van der Waals surface area contributed by atoms with Gasteiger partial charge in [-0.15, -0.1) is 0 Å². The standard InChI is InChI=1S/C21H21N5O2/c1-13-4-5-14(2)19(12-13)25-20(28)18-10-11-22-21(26-18)24-17-8-6-16(7-9-17)23-15(3)27/h4-12H,1-3H3,(H,23,27)(H,25,28)(H,22,24,26). The van der Waals surface area contributed by atoms with E-state index >= 15 is 0 Å². The van der Waals surface area contributed by atoms with E-state index in [-0.39, 0.29) is 17.5 Å². The van der Waals surface area contributed by atoms with Crippen LogP contribution in [0.1, 0.15) is 28.5 Å². The maximum Gasteiger partial charge on any atom is 0.274 e. The molecule has 1 heterocycles. The molecular weight excluding hydrogens is 354 g/mol. The second-order valence-electron chi connectivity index (χ2n) is 6.42. The zero-order valence-corrected chi connectivity index (χ0v) is 15.9. The Hall–Kier alpha value is -3.74. The summed E-state index contributed by atoms with van der Waals surface area (Å²) in [7, 11) is 0. The third-order valence-electron chi connectivity index (χ3n) is 3.99. The topological polar surface area (TPSA) is 96.0 Å². The fourth-order valence-corrected chi connectivity index (χ4v) is 2.57. The minimum atomic E-state index is -0.305. The molecule has 0 spiro atoms. The Labute approximate surface area is 163 Å². The average Bonchev–Trinajstić information content (AvgIpc) is 2.66. The number of aryl methyl sites for hydroxylation is 2. The Morgan fingerprint density at radius 2 is 1.61 bits per heavy atom. The van der Waals surface area contributed by atoms with Crippen LogP contribution >= 0.6 is 0 Å². The van der Waals surface area contributed by atoms with E-state index in [4.69, 9.17) is 0 Å². The number of carbonyl (C=O) groups excluding carboxylic acids is 2. The van der Waals surface area contributed by atoms with Crippen molar-refractivity contribution >= 4 is 34.8 Å². The van der Waals surface area contributed by atoms with Crippen LogP contribution in [0.5, 0.6) is 0 Å². The first-order chi connectivity index (χ1) is 13.4. The van der Waals surface area contributed by atoms with Crippen molar-refractivity contribution in [2.75, 3.05) is 16.0 Å². The predicted molar refractivity (Wildman–Crippen MR) is 110 cm³/mol. The molecule has 2 aromatic carbocycles. The summed E-state index contributed by atoms with van der Waals surface area (Å²) in [5.41, 5.74) is 4.49. The molecule has 2 amide bonds. The van der Waals surface area contributed by atoms with Crippen LogP contribution in [0.2, 0.25) is 0 Å². The molecule has 0 aliphatic rings. The smallest absolute Gasteiger partial charge is 0.274 e. The van der Waals surface area contributed by atoms with Gasteiger partial charge in [0.15, 0.2) is 0 Å². The second-order valence-corrected chi connectivity index (χ2v) is 6.42. The molecule has 0 bridgehead atoms. The van der Waals surface area contributed by atoms with Crippen molar-refractivity contribution in [2.24, 2.45) is 0 Å². The number of benzene rings is 2. The Balaban J connectivity index is 1.72. The number of hydrogen-bond donors (Lipinski definition) is 3. The molecule has 28 heavy (non-hydrogen) atoms. The van der Waals surface area contributed by atoms with Crippen LogP contribution < -0.4 is 16.0 Å². The van der Waals surface area contributed by atoms with Gasteiger partial charge in [-0.2, -0.15) is 0 Å². The molecule has 0 fully saturated rings. The third kappa shape index (κ3) is 4.91. The van der Waals surface area contributed by atoms with Gasteiger partial charge in [-0.05, 0) is 61.4 Å². The second kappa shape index (κ2) is 8.30. The highest BCUT2D eigenvalue weighted by Crippen LogP contribution is 2.19. The summed E-state index contributed by atoms with van der Waals surface area (Å²) < 4.78 is 0. The third-order valence-corrected chi connectivity index (χ3v) is 3.99. The Bertz CT molecular complexity index is 1020. The molecule has 0 aliphatic heterocycles. The van der Waals surface area contributed by atoms with Crippen molar-refractivity contribution in [3.05, 3.63) is 71.5 Å². The highest BCUT2D eigenvalue weighted by Gasteiger charge is 2.11. The maximum atomic E-state index is 12.6. The summed E-state index contributed by atoms with van der Waals surface area (Å²) in [6.07, 6.45) is 1.53. The first kappa shape index (κ1) is 19.0. The van der Waals surface area contributed by atoms with Crippen molar-refractivity contribution in [1.82, 2.24) is 9.97 Å². The van der Waals surface area contributed by atoms with Crippen LogP contribution in [0.25, 0.3) is 0 Å². The van der Waals surface area contributed by atoms with Gasteiger partial charge < -0.3 is 16.0 Å². The molecule has 0 saturated carbocycles. The Kier molecular flexibility index (Phi) is 5.64. The first-order valence-corrected chi connectivity index (χ1v) is 8.77. The molecule has 0 unspecified atom stereocenters. The normalized spacial score (nSPS) is 10.2. The van der Waals surface area contributed by atoms with Crippen LogP contribution in [0.15, 0.2) is 54.7 Å². The summed E-state index contributed by atoms with van der Waals surface area (Å²) >= 11 is 0. The zero-order chi connectivity index (χ0) is 20.1. The molecule has 142 valence electrons. The summed E-state index contributed by atoms with van der Waals surface area (Å²) in [6.45, 7) is 5.36. The lowest BCUT2D eigenvalue weighted by Crippen LogP contribution is -2.15. The van der Waals surface area contributed by atoms with E-state index in [1.54, 1.807) is 30.3 Å². The Morgan fingerprint density at radius 1 is 0.893 bits per heavy atom. The zero-order valence-electron chi connectivity index (χ0n) is 15.9. The summed E-state index contributed by atoms with van der Waals surface area (Å²) in [5, 5.41) is 8.64. The number of aromatic nitrogens is 2. The number of carbonyl (C=O) groups is 2. The van der Waals surface area contributed by atoms with Crippen LogP contribution in [-0.4, -0.2) is 21.8 Å². The van der Waals surface area contributed by atoms with Gasteiger partial charge in [0.25, 0.3) is 5.91 Å². The van der Waals surface area contributed by atoms with Crippen LogP contribution in [0.3, 0.4) is 0 Å². The van der Waals surface area contributed by atoms with Crippen LogP contribution in [-0.2, 0) is 4.79 Å². The summed E-state index contributed by atoms with van der Waals surface area (Å²) in [4.78, 5) is 32.1. The molecule has 3 rings (SSSR count). The van der Waals surface area contributed by atoms with E-state index in [0.717, 1.165) is 22.5 Å². The van der Waals surface area contributed by atoms with Crippen molar-refractivity contribution in [2.45, 2.75) is 20.8 Å². The molecule has 1 aromatic heterocycles. The molecule has 7 heteroatoms. The highest BCUT2D eigenvalue weighted by molar-refractivity contribution is 6.03. The molecule has 7 nitrogen and oxygen atoms in total. The predicted octanol–water partition coefficient (Wildman–Crippen LogP) is 4.05. The first-order valence-electron chi connectivity index (χ1n) is 8.77. The van der Waals surface area contributed by atoms with Crippen molar-refractivity contribution < 1.29 is 9.59 Å². The lowest BCUT2D eigenvalue weighted by molar-refractivity contribution is -0.114. The SMILES string of the molecule is CC(=O)Nc1ccc(Nc2nccc(C(=O)Nc3cc(C)ccc3C)n2)cc1. The molecule has 0 radical (unpaired) electrons. The fourth-order valence-electron chi connectivity index (χ4n) is 2.57. The van der Waals surface area contributed by atoms with E-state index < -0.39 is 0 Å². The molecular formula is C21H21N5O2. The highest BCUT2D eigenvalue weighted by atomic mass is 16.2. The van der Waals surface area contributed by atoms with Gasteiger partial charge in [0.05, 0.1) is 0 Å². The van der Waals surface area contributed by atoms with E-state index in [1.165, 1.54) is 13.1 Å². The largest absolute Gasteiger partial charge is 0.326 e. The fraction of sp³-hybridized carbons (Fsp3) is 0.143. The quantitative estimate of drug-likeness (QED) is 0.625. The molecule has 3 N–H and O–H groups in total. The van der Waals surface area contributed by atoms with Crippen LogP contribution in [0.4, 0.5) is 23.0 Å². The number of anilines is 4. The minimum Gasteiger partial charge on any atom is -0.326 e. The molecule has 0 atom stereocenters. The lowest BCUT2D eigenvalue weighted by atomic mass is 10.1. The van der Waals surface area contributed by atoms with E-state index in [1.807, 2.05) is 32.0 Å². The monoisotopic (exact) mass is 375 g/mol. The number of nitrogens with zero attached hydrogens (tertiary/aromatic N) is 2. The number of amides is 2.